The summed E-state index contributed by atoms with van der Waals surface area (Å²) in [6.45, 7) is 3.71. The Kier molecular flexibility index (Phi) is 4.11. The van der Waals surface area contributed by atoms with Gasteiger partial charge in [0.2, 0.25) is 11.8 Å². The monoisotopic (exact) mass is 361 g/mol. The zero-order chi connectivity index (χ0) is 19.1. The summed E-state index contributed by atoms with van der Waals surface area (Å²) in [6, 6.07) is 12.8. The molecule has 6 nitrogen and oxygen atoms in total. The summed E-state index contributed by atoms with van der Waals surface area (Å²) in [5, 5.41) is 2.71. The van der Waals surface area contributed by atoms with E-state index in [-0.39, 0.29) is 30.2 Å². The molecule has 0 saturated heterocycles. The number of nitrogens with zero attached hydrogens (tertiary/aromatic N) is 2. The van der Waals surface area contributed by atoms with Crippen LogP contribution in [0.15, 0.2) is 47.5 Å². The van der Waals surface area contributed by atoms with Crippen LogP contribution in [-0.4, -0.2) is 28.5 Å². The molecule has 0 spiro atoms. The van der Waals surface area contributed by atoms with Crippen molar-refractivity contribution in [2.75, 3.05) is 0 Å². The standard InChI is InChI=1S/C21H19N3O3/c1-12(14-6-4-3-5-7-14)24-19(26)9-15-8-16-11-22-20(23-13(2)25)17(16)10-18(15)21(24)27/h3-8,10,12H,9,11H2,1-2H3,(H,22,23,25)/t12-/m1/s1. The smallest absolute Gasteiger partial charge is 0.261 e. The van der Waals surface area contributed by atoms with Crippen molar-refractivity contribution >= 4 is 23.6 Å². The summed E-state index contributed by atoms with van der Waals surface area (Å²) in [4.78, 5) is 42.9. The van der Waals surface area contributed by atoms with Gasteiger partial charge in [-0.05, 0) is 29.7 Å². The van der Waals surface area contributed by atoms with Crippen molar-refractivity contribution in [3.63, 3.8) is 0 Å². The van der Waals surface area contributed by atoms with Crippen LogP contribution < -0.4 is 5.32 Å². The first-order valence-corrected chi connectivity index (χ1v) is 8.85. The molecule has 136 valence electrons. The summed E-state index contributed by atoms with van der Waals surface area (Å²) in [5.74, 6) is -0.243. The number of fused-ring (bicyclic) bond motifs is 2. The lowest BCUT2D eigenvalue weighted by atomic mass is 9.91. The lowest BCUT2D eigenvalue weighted by Crippen LogP contribution is -2.44. The molecule has 2 aliphatic rings. The number of nitrogens with one attached hydrogen (secondary N) is 1. The van der Waals surface area contributed by atoms with Gasteiger partial charge in [0, 0.05) is 18.1 Å². The highest BCUT2D eigenvalue weighted by Gasteiger charge is 2.36. The molecule has 6 heteroatoms. The summed E-state index contributed by atoms with van der Waals surface area (Å²) in [6.07, 6.45) is 0.182. The summed E-state index contributed by atoms with van der Waals surface area (Å²) in [7, 11) is 0. The molecule has 0 radical (unpaired) electrons. The van der Waals surface area contributed by atoms with Gasteiger partial charge in [0.05, 0.1) is 19.0 Å². The summed E-state index contributed by atoms with van der Waals surface area (Å²) >= 11 is 0. The van der Waals surface area contributed by atoms with Crippen molar-refractivity contribution in [1.82, 2.24) is 10.2 Å². The van der Waals surface area contributed by atoms with E-state index in [0.717, 1.165) is 22.3 Å². The molecule has 3 amide bonds. The number of imide groups is 1. The van der Waals surface area contributed by atoms with Crippen molar-refractivity contribution in [3.05, 3.63) is 70.3 Å². The Morgan fingerprint density at radius 2 is 1.85 bits per heavy atom. The number of benzene rings is 2. The summed E-state index contributed by atoms with van der Waals surface area (Å²) in [5.41, 5.74) is 3.79. The maximum absolute atomic E-state index is 13.1. The van der Waals surface area contributed by atoms with Gasteiger partial charge in [0.25, 0.3) is 5.91 Å². The minimum atomic E-state index is -0.351. The molecule has 4 rings (SSSR count). The molecule has 2 aliphatic heterocycles. The maximum Gasteiger partial charge on any atom is 0.261 e. The molecule has 0 aromatic heterocycles. The van der Waals surface area contributed by atoms with E-state index in [9.17, 15) is 14.4 Å². The Morgan fingerprint density at radius 3 is 2.56 bits per heavy atom. The maximum atomic E-state index is 13.1. The van der Waals surface area contributed by atoms with E-state index in [2.05, 4.69) is 10.3 Å². The van der Waals surface area contributed by atoms with Crippen molar-refractivity contribution < 1.29 is 14.4 Å². The first-order chi connectivity index (χ1) is 13.0. The summed E-state index contributed by atoms with van der Waals surface area (Å²) < 4.78 is 0. The number of hydrogen-bond donors (Lipinski definition) is 1. The van der Waals surface area contributed by atoms with Gasteiger partial charge in [-0.2, -0.15) is 0 Å². The van der Waals surface area contributed by atoms with Gasteiger partial charge in [-0.1, -0.05) is 36.4 Å². The van der Waals surface area contributed by atoms with E-state index in [1.54, 1.807) is 6.07 Å². The van der Waals surface area contributed by atoms with Gasteiger partial charge in [0.15, 0.2) is 0 Å². The molecule has 27 heavy (non-hydrogen) atoms. The molecule has 1 atom stereocenters. The fourth-order valence-corrected chi connectivity index (χ4v) is 3.68. The fraction of sp³-hybridized carbons (Fsp3) is 0.238. The Morgan fingerprint density at radius 1 is 1.11 bits per heavy atom. The molecule has 2 heterocycles. The van der Waals surface area contributed by atoms with Crippen LogP contribution in [0.1, 0.15) is 52.5 Å². The van der Waals surface area contributed by atoms with Crippen LogP contribution in [0, 0.1) is 0 Å². The topological polar surface area (TPSA) is 78.8 Å². The van der Waals surface area contributed by atoms with Crippen LogP contribution in [0.3, 0.4) is 0 Å². The van der Waals surface area contributed by atoms with E-state index in [1.807, 2.05) is 43.3 Å². The molecule has 1 N–H and O–H groups in total. The number of amidine groups is 1. The van der Waals surface area contributed by atoms with Crippen LogP contribution in [-0.2, 0) is 22.6 Å². The van der Waals surface area contributed by atoms with Crippen LogP contribution >= 0.6 is 0 Å². The van der Waals surface area contributed by atoms with Gasteiger partial charge >= 0.3 is 0 Å². The van der Waals surface area contributed by atoms with Crippen molar-refractivity contribution in [1.29, 1.82) is 0 Å². The molecule has 2 aromatic rings. The van der Waals surface area contributed by atoms with Gasteiger partial charge in [-0.3, -0.25) is 24.3 Å². The average molecular weight is 361 g/mol. The molecular formula is C21H19N3O3. The Labute approximate surface area is 156 Å². The van der Waals surface area contributed by atoms with E-state index in [0.29, 0.717) is 17.9 Å². The minimum absolute atomic E-state index is 0.182. The fourth-order valence-electron chi connectivity index (χ4n) is 3.68. The van der Waals surface area contributed by atoms with Gasteiger partial charge < -0.3 is 5.32 Å². The number of rotatable bonds is 2. The Balaban J connectivity index is 1.72. The zero-order valence-electron chi connectivity index (χ0n) is 15.2. The zero-order valence-corrected chi connectivity index (χ0v) is 15.2. The highest BCUT2D eigenvalue weighted by atomic mass is 16.2. The normalized spacial score (nSPS) is 16.5. The molecule has 2 aromatic carbocycles. The number of carbonyl (C=O) groups excluding carboxylic acids is 3. The van der Waals surface area contributed by atoms with Crippen LogP contribution in [0.5, 0.6) is 0 Å². The predicted molar refractivity (Wildman–Crippen MR) is 100 cm³/mol. The van der Waals surface area contributed by atoms with Crippen molar-refractivity contribution in [3.8, 4) is 0 Å². The number of aliphatic imine (C=N–C) groups is 1. The number of carbonyl (C=O) groups is 3. The van der Waals surface area contributed by atoms with E-state index >= 15 is 0 Å². The SMILES string of the molecule is CC(=O)NC1=NCc2cc3c(cc21)C(=O)N([C@H](C)c1ccccc1)C(=O)C3. The average Bonchev–Trinajstić information content (AvgIpc) is 3.02. The third-order valence-corrected chi connectivity index (χ3v) is 5.01. The highest BCUT2D eigenvalue weighted by Crippen LogP contribution is 2.31. The third-order valence-electron chi connectivity index (χ3n) is 5.01. The van der Waals surface area contributed by atoms with Crippen LogP contribution in [0.25, 0.3) is 0 Å². The molecule has 0 saturated carbocycles. The first-order valence-electron chi connectivity index (χ1n) is 8.85. The third kappa shape index (κ3) is 2.93. The molecule has 0 fully saturated rings. The van der Waals surface area contributed by atoms with E-state index in [1.165, 1.54) is 11.8 Å². The van der Waals surface area contributed by atoms with Crippen molar-refractivity contribution in [2.24, 2.45) is 4.99 Å². The molecule has 0 aliphatic carbocycles. The van der Waals surface area contributed by atoms with Gasteiger partial charge in [-0.15, -0.1) is 0 Å². The Bertz CT molecular complexity index is 995. The molecule has 0 bridgehead atoms. The van der Waals surface area contributed by atoms with Crippen LogP contribution in [0.2, 0.25) is 0 Å². The van der Waals surface area contributed by atoms with Gasteiger partial charge in [0.1, 0.15) is 5.84 Å². The number of hydrogen-bond acceptors (Lipinski definition) is 4. The van der Waals surface area contributed by atoms with E-state index in [4.69, 9.17) is 0 Å². The predicted octanol–water partition coefficient (Wildman–Crippen LogP) is 2.37. The first kappa shape index (κ1) is 17.1. The van der Waals surface area contributed by atoms with Crippen LogP contribution in [0.4, 0.5) is 0 Å². The Hall–Kier alpha value is -3.28. The quantitative estimate of drug-likeness (QED) is 0.834. The molecule has 0 unspecified atom stereocenters. The van der Waals surface area contributed by atoms with E-state index < -0.39 is 0 Å². The lowest BCUT2D eigenvalue weighted by Gasteiger charge is -2.32. The minimum Gasteiger partial charge on any atom is -0.311 e. The lowest BCUT2D eigenvalue weighted by molar-refractivity contribution is -0.130. The molecular weight excluding hydrogens is 342 g/mol. The van der Waals surface area contributed by atoms with Crippen molar-refractivity contribution in [2.45, 2.75) is 32.9 Å². The second kappa shape index (κ2) is 6.46. The largest absolute Gasteiger partial charge is 0.311 e. The number of amides is 3. The second-order valence-corrected chi connectivity index (χ2v) is 6.84. The highest BCUT2D eigenvalue weighted by molar-refractivity contribution is 6.14. The van der Waals surface area contributed by atoms with Gasteiger partial charge in [-0.25, -0.2) is 0 Å². The second-order valence-electron chi connectivity index (χ2n) is 6.84.